The summed E-state index contributed by atoms with van der Waals surface area (Å²) >= 11 is 0. The molecule has 1 unspecified atom stereocenters. The van der Waals surface area contributed by atoms with Crippen LogP contribution in [-0.2, 0) is 4.79 Å². The Hall–Kier alpha value is -0.630. The molecule has 15 heavy (non-hydrogen) atoms. The Morgan fingerprint density at radius 1 is 1.47 bits per heavy atom. The van der Waals surface area contributed by atoms with Crippen molar-refractivity contribution < 1.29 is 4.79 Å². The first kappa shape index (κ1) is 12.4. The largest absolute Gasteiger partial charge is 0.297 e. The molecule has 0 amide bonds. The van der Waals surface area contributed by atoms with Crippen molar-refractivity contribution in [2.24, 2.45) is 0 Å². The van der Waals surface area contributed by atoms with Gasteiger partial charge in [-0.1, -0.05) is 25.8 Å². The second-order valence-electron chi connectivity index (χ2n) is 4.87. The zero-order chi connectivity index (χ0) is 11.5. The molecule has 1 aliphatic rings. The Bertz CT molecular complexity index is 268. The van der Waals surface area contributed by atoms with Crippen LogP contribution in [0.4, 0.5) is 0 Å². The zero-order valence-corrected chi connectivity index (χ0v) is 10.5. The van der Waals surface area contributed by atoms with Gasteiger partial charge in [0.2, 0.25) is 0 Å². The normalized spacial score (nSPS) is 29.4. The number of hydrogen-bond acceptors (Lipinski definition) is 2. The van der Waals surface area contributed by atoms with E-state index in [9.17, 15) is 4.79 Å². The van der Waals surface area contributed by atoms with Crippen LogP contribution in [0.15, 0.2) is 11.6 Å². The lowest BCUT2D eigenvalue weighted by Gasteiger charge is -2.29. The average Bonchev–Trinajstić information content (AvgIpc) is 2.48. The van der Waals surface area contributed by atoms with E-state index < -0.39 is 0 Å². The summed E-state index contributed by atoms with van der Waals surface area (Å²) in [6.07, 6.45) is 7.52. The maximum absolute atomic E-state index is 12.2. The first-order chi connectivity index (χ1) is 7.02. The lowest BCUT2D eigenvalue weighted by Crippen LogP contribution is -2.45. The van der Waals surface area contributed by atoms with Crippen LogP contribution in [0.1, 0.15) is 46.0 Å². The smallest absolute Gasteiger partial charge is 0.178 e. The topological polar surface area (TPSA) is 20.3 Å². The third kappa shape index (κ3) is 2.49. The number of unbranched alkanes of at least 4 members (excludes halogenated alkanes) is 2. The SMILES string of the molecule is CCCC/C=C1\CCC(C)(N(C)C)C1=O. The fourth-order valence-electron chi connectivity index (χ4n) is 2.05. The van der Waals surface area contributed by atoms with E-state index in [4.69, 9.17) is 0 Å². The molecule has 0 heterocycles. The van der Waals surface area contributed by atoms with Crippen molar-refractivity contribution in [1.82, 2.24) is 4.90 Å². The molecule has 1 aliphatic carbocycles. The number of ketones is 1. The molecule has 86 valence electrons. The van der Waals surface area contributed by atoms with E-state index in [1.165, 1.54) is 12.8 Å². The van der Waals surface area contributed by atoms with Crippen LogP contribution in [0.5, 0.6) is 0 Å². The third-order valence-corrected chi connectivity index (χ3v) is 3.60. The Morgan fingerprint density at radius 3 is 2.60 bits per heavy atom. The zero-order valence-electron chi connectivity index (χ0n) is 10.5. The molecule has 0 saturated heterocycles. The summed E-state index contributed by atoms with van der Waals surface area (Å²) in [5.74, 6) is 0.337. The van der Waals surface area contributed by atoms with E-state index in [-0.39, 0.29) is 5.54 Å². The van der Waals surface area contributed by atoms with Crippen molar-refractivity contribution in [3.63, 3.8) is 0 Å². The average molecular weight is 209 g/mol. The summed E-state index contributed by atoms with van der Waals surface area (Å²) in [4.78, 5) is 14.2. The van der Waals surface area contributed by atoms with Crippen molar-refractivity contribution in [1.29, 1.82) is 0 Å². The van der Waals surface area contributed by atoms with Crippen molar-refractivity contribution in [3.05, 3.63) is 11.6 Å². The number of carbonyl (C=O) groups excluding carboxylic acids is 1. The molecular weight excluding hydrogens is 186 g/mol. The third-order valence-electron chi connectivity index (χ3n) is 3.60. The maximum atomic E-state index is 12.2. The molecule has 0 aliphatic heterocycles. The maximum Gasteiger partial charge on any atom is 0.178 e. The van der Waals surface area contributed by atoms with Crippen LogP contribution >= 0.6 is 0 Å². The monoisotopic (exact) mass is 209 g/mol. The van der Waals surface area contributed by atoms with Gasteiger partial charge in [-0.2, -0.15) is 0 Å². The van der Waals surface area contributed by atoms with Gasteiger partial charge in [-0.05, 0) is 45.9 Å². The minimum atomic E-state index is -0.252. The van der Waals surface area contributed by atoms with E-state index in [0.29, 0.717) is 5.78 Å². The van der Waals surface area contributed by atoms with E-state index in [1.807, 2.05) is 14.1 Å². The molecular formula is C13H23NO. The number of Topliss-reactive ketones (excluding diaryl/α,β-unsaturated/α-hetero) is 1. The van der Waals surface area contributed by atoms with Crippen LogP contribution in [0.3, 0.4) is 0 Å². The molecule has 0 aromatic rings. The first-order valence-electron chi connectivity index (χ1n) is 5.93. The minimum Gasteiger partial charge on any atom is -0.297 e. The fraction of sp³-hybridized carbons (Fsp3) is 0.769. The second kappa shape index (κ2) is 4.93. The molecule has 0 N–H and O–H groups in total. The first-order valence-corrected chi connectivity index (χ1v) is 5.93. The van der Waals surface area contributed by atoms with Crippen molar-refractivity contribution in [2.45, 2.75) is 51.5 Å². The highest BCUT2D eigenvalue weighted by Crippen LogP contribution is 2.34. The van der Waals surface area contributed by atoms with Gasteiger partial charge in [0, 0.05) is 0 Å². The molecule has 0 spiro atoms. The van der Waals surface area contributed by atoms with Gasteiger partial charge in [-0.25, -0.2) is 0 Å². The van der Waals surface area contributed by atoms with Crippen LogP contribution in [-0.4, -0.2) is 30.3 Å². The lowest BCUT2D eigenvalue weighted by molar-refractivity contribution is -0.123. The van der Waals surface area contributed by atoms with Crippen LogP contribution in [0, 0.1) is 0 Å². The standard InChI is InChI=1S/C13H23NO/c1-5-6-7-8-11-9-10-13(2,12(11)15)14(3)4/h8H,5-7,9-10H2,1-4H3/b11-8+. The van der Waals surface area contributed by atoms with Crippen molar-refractivity contribution in [3.8, 4) is 0 Å². The number of carbonyl (C=O) groups is 1. The Balaban J connectivity index is 2.67. The van der Waals surface area contributed by atoms with Gasteiger partial charge >= 0.3 is 0 Å². The fourth-order valence-corrected chi connectivity index (χ4v) is 2.05. The predicted molar refractivity (Wildman–Crippen MR) is 63.9 cm³/mol. The van der Waals surface area contributed by atoms with E-state index in [0.717, 1.165) is 24.8 Å². The molecule has 0 aromatic carbocycles. The van der Waals surface area contributed by atoms with E-state index >= 15 is 0 Å². The molecule has 1 fully saturated rings. The van der Waals surface area contributed by atoms with Gasteiger partial charge in [-0.15, -0.1) is 0 Å². The highest BCUT2D eigenvalue weighted by Gasteiger charge is 2.42. The number of hydrogen-bond donors (Lipinski definition) is 0. The molecule has 1 rings (SSSR count). The predicted octanol–water partition coefficient (Wildman–Crippen LogP) is 2.79. The lowest BCUT2D eigenvalue weighted by atomic mass is 9.97. The van der Waals surface area contributed by atoms with Crippen molar-refractivity contribution >= 4 is 5.78 Å². The van der Waals surface area contributed by atoms with Crippen LogP contribution in [0.25, 0.3) is 0 Å². The van der Waals surface area contributed by atoms with Crippen molar-refractivity contribution in [2.75, 3.05) is 14.1 Å². The quantitative estimate of drug-likeness (QED) is 0.524. The van der Waals surface area contributed by atoms with E-state index in [2.05, 4.69) is 24.8 Å². The van der Waals surface area contributed by atoms with Gasteiger partial charge in [0.1, 0.15) is 0 Å². The van der Waals surface area contributed by atoms with Gasteiger partial charge in [0.05, 0.1) is 5.54 Å². The Labute approximate surface area is 93.3 Å². The summed E-state index contributed by atoms with van der Waals surface area (Å²) in [6.45, 7) is 4.23. The summed E-state index contributed by atoms with van der Waals surface area (Å²) in [6, 6.07) is 0. The van der Waals surface area contributed by atoms with Crippen LogP contribution in [0.2, 0.25) is 0 Å². The Morgan fingerprint density at radius 2 is 2.13 bits per heavy atom. The molecule has 2 nitrogen and oxygen atoms in total. The highest BCUT2D eigenvalue weighted by molar-refractivity contribution is 6.04. The molecule has 2 heteroatoms. The minimum absolute atomic E-state index is 0.252. The number of rotatable bonds is 4. The molecule has 0 bridgehead atoms. The number of likely N-dealkylation sites (N-methyl/N-ethyl adjacent to an activating group) is 1. The summed E-state index contributed by atoms with van der Waals surface area (Å²) in [5.41, 5.74) is 0.803. The molecule has 0 radical (unpaired) electrons. The summed E-state index contributed by atoms with van der Waals surface area (Å²) in [5, 5.41) is 0. The highest BCUT2D eigenvalue weighted by atomic mass is 16.1. The molecule has 1 atom stereocenters. The van der Waals surface area contributed by atoms with Gasteiger partial charge in [0.15, 0.2) is 5.78 Å². The summed E-state index contributed by atoms with van der Waals surface area (Å²) < 4.78 is 0. The van der Waals surface area contributed by atoms with Gasteiger partial charge in [-0.3, -0.25) is 9.69 Å². The summed E-state index contributed by atoms with van der Waals surface area (Å²) in [7, 11) is 3.99. The molecule has 0 aromatic heterocycles. The number of nitrogens with zero attached hydrogens (tertiary/aromatic N) is 1. The van der Waals surface area contributed by atoms with Gasteiger partial charge < -0.3 is 0 Å². The second-order valence-corrected chi connectivity index (χ2v) is 4.87. The Kier molecular flexibility index (Phi) is 4.09. The van der Waals surface area contributed by atoms with Crippen LogP contribution < -0.4 is 0 Å². The number of allylic oxidation sites excluding steroid dienone is 1. The molecule has 1 saturated carbocycles. The van der Waals surface area contributed by atoms with E-state index in [1.54, 1.807) is 0 Å². The van der Waals surface area contributed by atoms with Gasteiger partial charge in [0.25, 0.3) is 0 Å².